The number of benzene rings is 8. The van der Waals surface area contributed by atoms with Crippen molar-refractivity contribution in [3.63, 3.8) is 0 Å². The fourth-order valence-corrected chi connectivity index (χ4v) is 9.78. The minimum atomic E-state index is -4.91. The summed E-state index contributed by atoms with van der Waals surface area (Å²) in [6.45, 7) is 7.58. The molecule has 0 saturated heterocycles. The quantitative estimate of drug-likeness (QED) is 0.0449. The molecular weight excluding hydrogens is 1170 g/mol. The molecule has 0 spiro atoms. The number of amides is 2. The van der Waals surface area contributed by atoms with E-state index in [1.165, 1.54) is 44.2 Å². The van der Waals surface area contributed by atoms with Crippen molar-refractivity contribution in [3.8, 4) is 23.0 Å². The number of nitrogens with zero attached hydrogens (tertiary/aromatic N) is 4. The van der Waals surface area contributed by atoms with Crippen molar-refractivity contribution < 1.29 is 55.2 Å². The van der Waals surface area contributed by atoms with Gasteiger partial charge in [0.15, 0.2) is 5.75 Å². The average Bonchev–Trinajstić information content (AvgIpc) is 3.33. The number of hydrogen-bond donors (Lipinski definition) is 4. The molecule has 0 bridgehead atoms. The first-order valence-corrected chi connectivity index (χ1v) is 25.7. The summed E-state index contributed by atoms with van der Waals surface area (Å²) in [4.78, 5) is 25.1. The van der Waals surface area contributed by atoms with E-state index in [0.717, 1.165) is 6.07 Å². The molecule has 0 heterocycles. The van der Waals surface area contributed by atoms with Gasteiger partial charge in [-0.3, -0.25) is 14.1 Å². The Bertz CT molecular complexity index is 3530. The molecule has 0 atom stereocenters. The largest absolute Gasteiger partial charge is 2.00 e. The van der Waals surface area contributed by atoms with E-state index < -0.39 is 53.3 Å². The number of nitrogens with one attached hydrogen (secondary N) is 2. The number of fused-ring (bicyclic) bond motifs is 2. The van der Waals surface area contributed by atoms with E-state index in [1.807, 2.05) is 13.8 Å². The summed E-state index contributed by atoms with van der Waals surface area (Å²) in [6.07, 6.45) is 0. The van der Waals surface area contributed by atoms with Crippen LogP contribution < -0.4 is 25.2 Å². The molecule has 4 N–H and O–H groups in total. The van der Waals surface area contributed by atoms with Crippen molar-refractivity contribution in [1.29, 1.82) is 0 Å². The Morgan fingerprint density at radius 2 is 1.01 bits per heavy atom. The first-order valence-electron chi connectivity index (χ1n) is 22.1. The average molecular weight is 1220 g/mol. The van der Waals surface area contributed by atoms with Crippen LogP contribution in [-0.2, 0) is 20.2 Å². The van der Waals surface area contributed by atoms with Crippen LogP contribution in [0.1, 0.15) is 45.7 Å². The molecule has 0 aliphatic rings. The van der Waals surface area contributed by atoms with Crippen LogP contribution in [0.15, 0.2) is 164 Å². The third kappa shape index (κ3) is 14.1. The first kappa shape index (κ1) is 57.9. The van der Waals surface area contributed by atoms with Gasteiger partial charge in [0.2, 0.25) is 0 Å². The predicted molar refractivity (Wildman–Crippen MR) is 284 cm³/mol. The smallest absolute Gasteiger partial charge is 0.870 e. The Kier molecular flexibility index (Phi) is 19.3. The molecule has 0 unspecified atom stereocenters. The summed E-state index contributed by atoms with van der Waals surface area (Å²) < 4.78 is 79.9. The number of rotatable bonds is 14. The Morgan fingerprint density at radius 3 is 1.48 bits per heavy atom. The van der Waals surface area contributed by atoms with Crippen LogP contribution in [0.25, 0.3) is 21.5 Å². The zero-order valence-electron chi connectivity index (χ0n) is 40.2. The Labute approximate surface area is 481 Å². The van der Waals surface area contributed by atoms with E-state index in [2.05, 4.69) is 31.1 Å². The summed E-state index contributed by atoms with van der Waals surface area (Å²) >= 11 is 12.1. The Morgan fingerprint density at radius 1 is 0.600 bits per heavy atom. The maximum absolute atomic E-state index is 13.4. The summed E-state index contributed by atoms with van der Waals surface area (Å²) in [6, 6.07) is 35.0. The second-order valence-electron chi connectivity index (χ2n) is 16.0. The molecule has 0 aliphatic heterocycles. The number of carbonyl (C=O) groups is 2. The van der Waals surface area contributed by atoms with Crippen LogP contribution in [0.3, 0.4) is 0 Å². The number of aromatic hydroxyl groups is 1. The molecule has 2 amide bonds. The van der Waals surface area contributed by atoms with Gasteiger partial charge in [0, 0.05) is 37.8 Å². The van der Waals surface area contributed by atoms with Gasteiger partial charge in [-0.15, -0.1) is 15.3 Å². The maximum Gasteiger partial charge on any atom is 2.00 e. The topological polar surface area (TPSA) is 281 Å². The molecule has 0 fully saturated rings. The number of hydrogen-bond acceptors (Lipinski definition) is 15. The number of phenolic OH excluding ortho intramolecular Hbond substituents is 1. The van der Waals surface area contributed by atoms with Crippen molar-refractivity contribution in [2.24, 2.45) is 20.5 Å². The third-order valence-corrected chi connectivity index (χ3v) is 13.3. The van der Waals surface area contributed by atoms with Gasteiger partial charge in [-0.05, 0) is 135 Å². The monoisotopic (exact) mass is 1210 g/mol. The summed E-state index contributed by atoms with van der Waals surface area (Å²) in [7, 11) is -9.56. The Balaban J connectivity index is 0.000000241. The minimum Gasteiger partial charge on any atom is -0.870 e. The van der Waals surface area contributed by atoms with Crippen molar-refractivity contribution >= 4 is 160 Å². The van der Waals surface area contributed by atoms with Crippen molar-refractivity contribution in [3.05, 3.63) is 166 Å². The summed E-state index contributed by atoms with van der Waals surface area (Å²) in [5, 5.41) is 48.0. The molecule has 18 nitrogen and oxygen atoms in total. The number of anilines is 2. The van der Waals surface area contributed by atoms with E-state index >= 15 is 0 Å². The second kappa shape index (κ2) is 25.0. The predicted octanol–water partition coefficient (Wildman–Crippen LogP) is 12.3. The van der Waals surface area contributed by atoms with Gasteiger partial charge in [0.25, 0.3) is 21.9 Å². The third-order valence-electron chi connectivity index (χ3n) is 10.8. The van der Waals surface area contributed by atoms with Gasteiger partial charge in [-0.25, -0.2) is 8.42 Å². The molecule has 23 heteroatoms. The number of ether oxygens (including phenoxy) is 2. The van der Waals surface area contributed by atoms with E-state index in [9.17, 15) is 45.7 Å². The van der Waals surface area contributed by atoms with Gasteiger partial charge < -0.3 is 34.9 Å². The van der Waals surface area contributed by atoms with Crippen molar-refractivity contribution in [2.75, 3.05) is 23.8 Å². The number of carbonyl (C=O) groups excluding carboxylic acids is 2. The number of phenols is 1. The molecule has 8 rings (SSSR count). The molecule has 0 aliphatic carbocycles. The minimum absolute atomic E-state index is 0. The van der Waals surface area contributed by atoms with E-state index in [-0.39, 0.29) is 104 Å². The van der Waals surface area contributed by atoms with Gasteiger partial charge in [0.05, 0.1) is 29.4 Å². The number of azo groups is 2. The van der Waals surface area contributed by atoms with Gasteiger partial charge in [-0.1, -0.05) is 77.5 Å². The molecular formula is C52H42BaCl2N6O12S2. The molecule has 8 aromatic rings. The van der Waals surface area contributed by atoms with Gasteiger partial charge >= 0.3 is 48.9 Å². The SMILES string of the molecule is CCOc1ccc(NC(=O)c2cc3ccccc3c(N=Nc3cc(Cl)cc(C)c3S(=O)(=O)O)c2O)cc1.CCOc1ccc(NC(=O)c2cc3ccccc3c(N=Nc3cc(Cl)cc(C)c3S(=O)(=O)[O-])c2[O-])cc1.[Ba+2]. The van der Waals surface area contributed by atoms with Crippen LogP contribution in [0.2, 0.25) is 10.0 Å². The summed E-state index contributed by atoms with van der Waals surface area (Å²) in [5.41, 5.74) is 0.136. The van der Waals surface area contributed by atoms with E-state index in [4.69, 9.17) is 32.7 Å². The van der Waals surface area contributed by atoms with Crippen LogP contribution >= 0.6 is 23.2 Å². The normalized spacial score (nSPS) is 11.5. The zero-order chi connectivity index (χ0) is 53.5. The molecule has 0 radical (unpaired) electrons. The summed E-state index contributed by atoms with van der Waals surface area (Å²) in [5.74, 6) is -1.17. The molecule has 8 aromatic carbocycles. The molecule has 75 heavy (non-hydrogen) atoms. The standard InChI is InChI=1S/2C26H22ClN3O6S.Ba/c2*1-3-36-19-10-8-18(9-11-19)28-26(32)21-13-16-6-4-5-7-20(16)23(24(21)31)30-29-22-14-17(27)12-15(2)25(22)37(33,34)35;/h2*4-14,31H,3H2,1-2H3,(H,28,32)(H,33,34,35);/q;;+2/p-2. The Hall–Kier alpha value is -6.41. The zero-order valence-corrected chi connectivity index (χ0v) is 47.7. The van der Waals surface area contributed by atoms with Gasteiger partial charge in [0.1, 0.15) is 43.6 Å². The fraction of sp³-hybridized carbons (Fsp3) is 0.115. The number of halogens is 2. The molecule has 0 saturated carbocycles. The first-order chi connectivity index (χ1) is 35.2. The number of aryl methyl sites for hydroxylation is 2. The van der Waals surface area contributed by atoms with E-state index in [0.29, 0.717) is 57.6 Å². The second-order valence-corrected chi connectivity index (χ2v) is 19.5. The van der Waals surface area contributed by atoms with Crippen LogP contribution in [0.4, 0.5) is 34.1 Å². The van der Waals surface area contributed by atoms with E-state index in [1.54, 1.807) is 97.1 Å². The van der Waals surface area contributed by atoms with Crippen LogP contribution in [0, 0.1) is 13.8 Å². The maximum atomic E-state index is 13.4. The van der Waals surface area contributed by atoms with Crippen molar-refractivity contribution in [1.82, 2.24) is 0 Å². The van der Waals surface area contributed by atoms with Crippen LogP contribution in [0.5, 0.6) is 23.0 Å². The molecule has 380 valence electrons. The van der Waals surface area contributed by atoms with Gasteiger partial charge in [-0.2, -0.15) is 13.5 Å². The molecule has 0 aromatic heterocycles. The van der Waals surface area contributed by atoms with Crippen molar-refractivity contribution in [2.45, 2.75) is 37.5 Å². The van der Waals surface area contributed by atoms with Crippen LogP contribution in [-0.4, -0.2) is 105 Å². The fourth-order valence-electron chi connectivity index (χ4n) is 7.61.